The summed E-state index contributed by atoms with van der Waals surface area (Å²) in [5.74, 6) is -0.181. The van der Waals surface area contributed by atoms with E-state index < -0.39 is 0 Å². The summed E-state index contributed by atoms with van der Waals surface area (Å²) in [4.78, 5) is 0. The third kappa shape index (κ3) is 1.25. The molecule has 1 aromatic rings. The predicted molar refractivity (Wildman–Crippen MR) is 32.3 cm³/mol. The topological polar surface area (TPSA) is 3.88 Å². The Hall–Kier alpha value is -0.920. The molecule has 1 rings (SSSR count). The molecule has 1 nitrogen and oxygen atoms in total. The van der Waals surface area contributed by atoms with Crippen LogP contribution in [0.4, 0.5) is 4.39 Å². The highest BCUT2D eigenvalue weighted by Gasteiger charge is 2.01. The lowest BCUT2D eigenvalue weighted by molar-refractivity contribution is -0.720. The standard InChI is InChI=1S/C7H9FN/c1-2-9-6-4-3-5-7(9)8/h3-6H,2H2,1H3/q+1. The van der Waals surface area contributed by atoms with Crippen molar-refractivity contribution in [3.8, 4) is 0 Å². The van der Waals surface area contributed by atoms with Crippen LogP contribution in [-0.4, -0.2) is 0 Å². The molecule has 2 heteroatoms. The number of rotatable bonds is 1. The van der Waals surface area contributed by atoms with E-state index in [-0.39, 0.29) is 5.95 Å². The summed E-state index contributed by atoms with van der Waals surface area (Å²) in [6.07, 6.45) is 1.72. The predicted octanol–water partition coefficient (Wildman–Crippen LogP) is 1.13. The van der Waals surface area contributed by atoms with Gasteiger partial charge in [0, 0.05) is 12.1 Å². The van der Waals surface area contributed by atoms with Gasteiger partial charge in [-0.15, -0.1) is 4.39 Å². The Balaban J connectivity index is 3.01. The van der Waals surface area contributed by atoms with Gasteiger partial charge in [-0.25, -0.2) is 0 Å². The lowest BCUT2D eigenvalue weighted by Gasteiger charge is -1.88. The molecule has 0 aliphatic rings. The molecular formula is C7H9FN+. The molecule has 0 unspecified atom stereocenters. The molecule has 0 atom stereocenters. The first-order valence-corrected chi connectivity index (χ1v) is 2.98. The minimum atomic E-state index is -0.181. The van der Waals surface area contributed by atoms with Gasteiger partial charge in [0.1, 0.15) is 6.54 Å². The van der Waals surface area contributed by atoms with Gasteiger partial charge in [-0.2, -0.15) is 4.57 Å². The summed E-state index contributed by atoms with van der Waals surface area (Å²) in [7, 11) is 0. The first-order valence-electron chi connectivity index (χ1n) is 2.98. The van der Waals surface area contributed by atoms with Crippen LogP contribution < -0.4 is 4.57 Å². The maximum atomic E-state index is 12.6. The van der Waals surface area contributed by atoms with Crippen LogP contribution in [-0.2, 0) is 6.54 Å². The van der Waals surface area contributed by atoms with Crippen LogP contribution in [0.1, 0.15) is 6.92 Å². The molecule has 0 aromatic carbocycles. The summed E-state index contributed by atoms with van der Waals surface area (Å²) < 4.78 is 14.1. The van der Waals surface area contributed by atoms with Crippen LogP contribution in [0.3, 0.4) is 0 Å². The highest BCUT2D eigenvalue weighted by molar-refractivity contribution is 4.85. The molecule has 1 heterocycles. The van der Waals surface area contributed by atoms with E-state index in [0.29, 0.717) is 6.54 Å². The molecule has 0 aliphatic heterocycles. The smallest absolute Gasteiger partial charge is 0.174 e. The van der Waals surface area contributed by atoms with Crippen molar-refractivity contribution >= 4 is 0 Å². The normalized spacial score (nSPS) is 9.56. The third-order valence-corrected chi connectivity index (χ3v) is 1.23. The number of halogens is 1. The first-order chi connectivity index (χ1) is 4.34. The van der Waals surface area contributed by atoms with Crippen LogP contribution in [0.15, 0.2) is 24.4 Å². The zero-order chi connectivity index (χ0) is 6.69. The van der Waals surface area contributed by atoms with Gasteiger partial charge in [0.15, 0.2) is 6.20 Å². The fourth-order valence-corrected chi connectivity index (χ4v) is 0.712. The molecule has 0 aliphatic carbocycles. The van der Waals surface area contributed by atoms with Crippen LogP contribution >= 0.6 is 0 Å². The van der Waals surface area contributed by atoms with Crippen LogP contribution in [0.5, 0.6) is 0 Å². The maximum absolute atomic E-state index is 12.6. The minimum absolute atomic E-state index is 0.181. The largest absolute Gasteiger partial charge is 0.359 e. The highest BCUT2D eigenvalue weighted by Crippen LogP contribution is 1.85. The maximum Gasteiger partial charge on any atom is 0.359 e. The molecule has 0 amide bonds. The fraction of sp³-hybridized carbons (Fsp3) is 0.286. The molecule has 0 bridgehead atoms. The van der Waals surface area contributed by atoms with Gasteiger partial charge >= 0.3 is 5.95 Å². The molecule has 48 valence electrons. The number of hydrogen-bond donors (Lipinski definition) is 0. The van der Waals surface area contributed by atoms with E-state index in [1.54, 1.807) is 16.8 Å². The van der Waals surface area contributed by atoms with Crippen molar-refractivity contribution in [3.05, 3.63) is 30.3 Å². The molecular weight excluding hydrogens is 117 g/mol. The summed E-state index contributed by atoms with van der Waals surface area (Å²) in [6, 6.07) is 4.94. The molecule has 0 saturated carbocycles. The first kappa shape index (κ1) is 6.20. The molecule has 0 N–H and O–H groups in total. The Bertz CT molecular complexity index is 198. The zero-order valence-corrected chi connectivity index (χ0v) is 5.34. The van der Waals surface area contributed by atoms with Crippen molar-refractivity contribution in [2.75, 3.05) is 0 Å². The second-order valence-corrected chi connectivity index (χ2v) is 1.81. The molecule has 0 saturated heterocycles. The minimum Gasteiger partial charge on any atom is -0.174 e. The SMILES string of the molecule is CC[n+]1ccccc1F. The second kappa shape index (κ2) is 2.58. The Morgan fingerprint density at radius 3 is 2.78 bits per heavy atom. The van der Waals surface area contributed by atoms with Gasteiger partial charge in [0.2, 0.25) is 0 Å². The highest BCUT2D eigenvalue weighted by atomic mass is 19.1. The summed E-state index contributed by atoms with van der Waals surface area (Å²) in [5, 5.41) is 0. The van der Waals surface area contributed by atoms with E-state index in [9.17, 15) is 4.39 Å². The quantitative estimate of drug-likeness (QED) is 0.392. The summed E-state index contributed by atoms with van der Waals surface area (Å²) in [5.41, 5.74) is 0. The summed E-state index contributed by atoms with van der Waals surface area (Å²) >= 11 is 0. The van der Waals surface area contributed by atoms with Crippen molar-refractivity contribution in [1.82, 2.24) is 0 Å². The van der Waals surface area contributed by atoms with Crippen LogP contribution in [0.25, 0.3) is 0 Å². The van der Waals surface area contributed by atoms with E-state index in [1.807, 2.05) is 13.0 Å². The van der Waals surface area contributed by atoms with Crippen molar-refractivity contribution in [2.45, 2.75) is 13.5 Å². The van der Waals surface area contributed by atoms with E-state index in [2.05, 4.69) is 0 Å². The van der Waals surface area contributed by atoms with Gasteiger partial charge in [0.25, 0.3) is 0 Å². The van der Waals surface area contributed by atoms with Gasteiger partial charge in [-0.3, -0.25) is 0 Å². The van der Waals surface area contributed by atoms with Gasteiger partial charge < -0.3 is 0 Å². The van der Waals surface area contributed by atoms with E-state index >= 15 is 0 Å². The molecule has 0 fully saturated rings. The van der Waals surface area contributed by atoms with Crippen molar-refractivity contribution in [3.63, 3.8) is 0 Å². The molecule has 0 radical (unpaired) electrons. The number of aromatic nitrogens is 1. The van der Waals surface area contributed by atoms with Crippen LogP contribution in [0, 0.1) is 5.95 Å². The average molecular weight is 126 g/mol. The number of nitrogens with zero attached hydrogens (tertiary/aromatic N) is 1. The lowest BCUT2D eigenvalue weighted by atomic mass is 10.5. The van der Waals surface area contributed by atoms with E-state index in [1.165, 1.54) is 6.07 Å². The van der Waals surface area contributed by atoms with Crippen molar-refractivity contribution in [2.24, 2.45) is 0 Å². The number of pyridine rings is 1. The van der Waals surface area contributed by atoms with Crippen molar-refractivity contribution in [1.29, 1.82) is 0 Å². The Labute approximate surface area is 53.8 Å². The fourth-order valence-electron chi connectivity index (χ4n) is 0.712. The van der Waals surface area contributed by atoms with Crippen molar-refractivity contribution < 1.29 is 8.96 Å². The molecule has 9 heavy (non-hydrogen) atoms. The third-order valence-electron chi connectivity index (χ3n) is 1.23. The van der Waals surface area contributed by atoms with Gasteiger partial charge in [-0.1, -0.05) is 0 Å². The Morgan fingerprint density at radius 1 is 1.56 bits per heavy atom. The number of hydrogen-bond acceptors (Lipinski definition) is 0. The van der Waals surface area contributed by atoms with E-state index in [0.717, 1.165) is 0 Å². The van der Waals surface area contributed by atoms with Crippen LogP contribution in [0.2, 0.25) is 0 Å². The molecule has 1 aromatic heterocycles. The van der Waals surface area contributed by atoms with Gasteiger partial charge in [0.05, 0.1) is 0 Å². The Morgan fingerprint density at radius 2 is 2.33 bits per heavy atom. The lowest BCUT2D eigenvalue weighted by Crippen LogP contribution is -2.35. The molecule has 0 spiro atoms. The monoisotopic (exact) mass is 126 g/mol. The summed E-state index contributed by atoms with van der Waals surface area (Å²) in [6.45, 7) is 2.59. The second-order valence-electron chi connectivity index (χ2n) is 1.81. The van der Waals surface area contributed by atoms with Gasteiger partial charge in [-0.05, 0) is 13.0 Å². The number of aryl methyl sites for hydroxylation is 1. The Kier molecular flexibility index (Phi) is 1.78. The zero-order valence-electron chi connectivity index (χ0n) is 5.34. The average Bonchev–Trinajstić information content (AvgIpc) is 1.89. The van der Waals surface area contributed by atoms with E-state index in [4.69, 9.17) is 0 Å².